The summed E-state index contributed by atoms with van der Waals surface area (Å²) in [4.78, 5) is 14.3. The summed E-state index contributed by atoms with van der Waals surface area (Å²) in [5.41, 5.74) is 0.970. The number of piperazine rings is 1. The minimum Gasteiger partial charge on any atom is -0.491 e. The molecule has 1 saturated heterocycles. The van der Waals surface area contributed by atoms with E-state index in [1.807, 2.05) is 43.0 Å². The van der Waals surface area contributed by atoms with E-state index in [0.717, 1.165) is 30.9 Å². The number of nitrogens with zero attached hydrogens (tertiary/aromatic N) is 1. The largest absolute Gasteiger partial charge is 0.491 e. The van der Waals surface area contributed by atoms with E-state index in [2.05, 4.69) is 12.2 Å². The minimum absolute atomic E-state index is 0.116. The van der Waals surface area contributed by atoms with Gasteiger partial charge in [0.15, 0.2) is 0 Å². The van der Waals surface area contributed by atoms with Gasteiger partial charge >= 0.3 is 0 Å². The van der Waals surface area contributed by atoms with Crippen molar-refractivity contribution in [3.05, 3.63) is 29.8 Å². The summed E-state index contributed by atoms with van der Waals surface area (Å²) in [5, 5.41) is 3.35. The average molecular weight is 276 g/mol. The number of benzene rings is 1. The SMILES string of the molecule is CC(C)Oc1ccccc1CC(=O)N1CCN[C@@H](C)C1. The third-order valence-electron chi connectivity index (χ3n) is 3.40. The number of hydrogen-bond acceptors (Lipinski definition) is 3. The van der Waals surface area contributed by atoms with Crippen LogP contribution in [0.15, 0.2) is 24.3 Å². The lowest BCUT2D eigenvalue weighted by atomic mass is 10.1. The first-order valence-electron chi connectivity index (χ1n) is 7.32. The lowest BCUT2D eigenvalue weighted by molar-refractivity contribution is -0.131. The van der Waals surface area contributed by atoms with Crippen LogP contribution < -0.4 is 10.1 Å². The van der Waals surface area contributed by atoms with Gasteiger partial charge in [0.1, 0.15) is 5.75 Å². The second-order valence-corrected chi connectivity index (χ2v) is 5.65. The highest BCUT2D eigenvalue weighted by Gasteiger charge is 2.21. The molecule has 0 aliphatic carbocycles. The predicted molar refractivity (Wildman–Crippen MR) is 80.0 cm³/mol. The van der Waals surface area contributed by atoms with Crippen LogP contribution in [-0.4, -0.2) is 42.6 Å². The Labute approximate surface area is 121 Å². The van der Waals surface area contributed by atoms with E-state index in [4.69, 9.17) is 4.74 Å². The van der Waals surface area contributed by atoms with Crippen molar-refractivity contribution < 1.29 is 9.53 Å². The molecule has 1 aliphatic rings. The van der Waals surface area contributed by atoms with Gasteiger partial charge in [-0.2, -0.15) is 0 Å². The van der Waals surface area contributed by atoms with Crippen LogP contribution in [0.3, 0.4) is 0 Å². The smallest absolute Gasteiger partial charge is 0.227 e. The van der Waals surface area contributed by atoms with Crippen LogP contribution in [0.1, 0.15) is 26.3 Å². The van der Waals surface area contributed by atoms with Gasteiger partial charge in [-0.3, -0.25) is 4.79 Å². The maximum atomic E-state index is 12.4. The van der Waals surface area contributed by atoms with E-state index in [1.54, 1.807) is 0 Å². The van der Waals surface area contributed by atoms with Gasteiger partial charge in [-0.1, -0.05) is 18.2 Å². The molecule has 0 unspecified atom stereocenters. The van der Waals surface area contributed by atoms with E-state index >= 15 is 0 Å². The second kappa shape index (κ2) is 6.75. The highest BCUT2D eigenvalue weighted by atomic mass is 16.5. The molecule has 1 aliphatic heterocycles. The Morgan fingerprint density at radius 2 is 2.20 bits per heavy atom. The van der Waals surface area contributed by atoms with E-state index in [1.165, 1.54) is 0 Å². The third-order valence-corrected chi connectivity index (χ3v) is 3.40. The molecule has 1 N–H and O–H groups in total. The Balaban J connectivity index is 2.03. The summed E-state index contributed by atoms with van der Waals surface area (Å²) in [6, 6.07) is 8.17. The van der Waals surface area contributed by atoms with E-state index in [9.17, 15) is 4.79 Å². The first-order chi connectivity index (χ1) is 9.56. The number of para-hydroxylation sites is 1. The number of ether oxygens (including phenoxy) is 1. The monoisotopic (exact) mass is 276 g/mol. The summed E-state index contributed by atoms with van der Waals surface area (Å²) in [6.45, 7) is 8.54. The van der Waals surface area contributed by atoms with Crippen molar-refractivity contribution in [2.75, 3.05) is 19.6 Å². The Morgan fingerprint density at radius 3 is 2.90 bits per heavy atom. The van der Waals surface area contributed by atoms with Gasteiger partial charge in [0.2, 0.25) is 5.91 Å². The summed E-state index contributed by atoms with van der Waals surface area (Å²) in [5.74, 6) is 0.997. The van der Waals surface area contributed by atoms with Crippen molar-refractivity contribution in [2.24, 2.45) is 0 Å². The van der Waals surface area contributed by atoms with Crippen molar-refractivity contribution in [3.63, 3.8) is 0 Å². The fraction of sp³-hybridized carbons (Fsp3) is 0.562. The molecular weight excluding hydrogens is 252 g/mol. The summed E-state index contributed by atoms with van der Waals surface area (Å²) in [7, 11) is 0. The Hall–Kier alpha value is -1.55. The van der Waals surface area contributed by atoms with Crippen molar-refractivity contribution in [1.82, 2.24) is 10.2 Å². The molecule has 1 aromatic carbocycles. The number of rotatable bonds is 4. The van der Waals surface area contributed by atoms with E-state index < -0.39 is 0 Å². The molecular formula is C16H24N2O2. The average Bonchev–Trinajstić information content (AvgIpc) is 2.40. The van der Waals surface area contributed by atoms with Gasteiger partial charge in [0, 0.05) is 31.2 Å². The molecule has 0 spiro atoms. The zero-order chi connectivity index (χ0) is 14.5. The summed E-state index contributed by atoms with van der Waals surface area (Å²) >= 11 is 0. The summed E-state index contributed by atoms with van der Waals surface area (Å²) in [6.07, 6.45) is 0.528. The number of hydrogen-bond donors (Lipinski definition) is 1. The van der Waals surface area contributed by atoms with Crippen LogP contribution in [0.2, 0.25) is 0 Å². The topological polar surface area (TPSA) is 41.6 Å². The van der Waals surface area contributed by atoms with Crippen LogP contribution in [0, 0.1) is 0 Å². The molecule has 0 radical (unpaired) electrons. The predicted octanol–water partition coefficient (Wildman–Crippen LogP) is 1.84. The molecule has 1 fully saturated rings. The quantitative estimate of drug-likeness (QED) is 0.912. The summed E-state index contributed by atoms with van der Waals surface area (Å²) < 4.78 is 5.77. The molecule has 0 bridgehead atoms. The van der Waals surface area contributed by atoms with Crippen LogP contribution >= 0.6 is 0 Å². The molecule has 110 valence electrons. The molecule has 2 rings (SSSR count). The standard InChI is InChI=1S/C16H24N2O2/c1-12(2)20-15-7-5-4-6-14(15)10-16(19)18-9-8-17-13(3)11-18/h4-7,12-13,17H,8-11H2,1-3H3/t13-/m0/s1. The number of nitrogens with one attached hydrogen (secondary N) is 1. The van der Waals surface area contributed by atoms with Crippen molar-refractivity contribution in [2.45, 2.75) is 39.3 Å². The van der Waals surface area contributed by atoms with Gasteiger partial charge in [-0.05, 0) is 26.8 Å². The van der Waals surface area contributed by atoms with Crippen LogP contribution in [-0.2, 0) is 11.2 Å². The zero-order valence-electron chi connectivity index (χ0n) is 12.6. The lowest BCUT2D eigenvalue weighted by Crippen LogP contribution is -2.51. The minimum atomic E-state index is 0.116. The molecule has 4 nitrogen and oxygen atoms in total. The molecule has 1 heterocycles. The fourth-order valence-electron chi connectivity index (χ4n) is 2.45. The Bertz CT molecular complexity index is 460. The molecule has 1 aromatic rings. The van der Waals surface area contributed by atoms with E-state index in [-0.39, 0.29) is 12.0 Å². The highest BCUT2D eigenvalue weighted by Crippen LogP contribution is 2.20. The Kier molecular flexibility index (Phi) is 5.01. The molecule has 1 amide bonds. The number of carbonyl (C=O) groups is 1. The van der Waals surface area contributed by atoms with Crippen molar-refractivity contribution in [3.8, 4) is 5.75 Å². The van der Waals surface area contributed by atoms with Crippen LogP contribution in [0.4, 0.5) is 0 Å². The zero-order valence-corrected chi connectivity index (χ0v) is 12.6. The normalized spacial score (nSPS) is 19.2. The van der Waals surface area contributed by atoms with Gasteiger partial charge < -0.3 is 15.0 Å². The number of amides is 1. The fourth-order valence-corrected chi connectivity index (χ4v) is 2.45. The highest BCUT2D eigenvalue weighted by molar-refractivity contribution is 5.79. The van der Waals surface area contributed by atoms with Gasteiger partial charge in [0.05, 0.1) is 12.5 Å². The first kappa shape index (κ1) is 14.9. The molecule has 20 heavy (non-hydrogen) atoms. The third kappa shape index (κ3) is 3.97. The maximum Gasteiger partial charge on any atom is 0.227 e. The maximum absolute atomic E-state index is 12.4. The second-order valence-electron chi connectivity index (χ2n) is 5.65. The molecule has 1 atom stereocenters. The first-order valence-corrected chi connectivity index (χ1v) is 7.32. The van der Waals surface area contributed by atoms with Crippen molar-refractivity contribution in [1.29, 1.82) is 0 Å². The van der Waals surface area contributed by atoms with Gasteiger partial charge in [0.25, 0.3) is 0 Å². The van der Waals surface area contributed by atoms with Crippen LogP contribution in [0.25, 0.3) is 0 Å². The van der Waals surface area contributed by atoms with E-state index in [0.29, 0.717) is 12.5 Å². The van der Waals surface area contributed by atoms with Gasteiger partial charge in [-0.15, -0.1) is 0 Å². The Morgan fingerprint density at radius 1 is 1.45 bits per heavy atom. The van der Waals surface area contributed by atoms with Crippen LogP contribution in [0.5, 0.6) is 5.75 Å². The molecule has 0 saturated carbocycles. The van der Waals surface area contributed by atoms with Crippen molar-refractivity contribution >= 4 is 5.91 Å². The molecule has 4 heteroatoms. The lowest BCUT2D eigenvalue weighted by Gasteiger charge is -2.32. The molecule has 0 aromatic heterocycles. The number of carbonyl (C=O) groups excluding carboxylic acids is 1. The van der Waals surface area contributed by atoms with Gasteiger partial charge in [-0.25, -0.2) is 0 Å².